The van der Waals surface area contributed by atoms with Crippen LogP contribution in [0.25, 0.3) is 22.3 Å². The third-order valence-corrected chi connectivity index (χ3v) is 8.98. The average molecular weight is 461 g/mol. The summed E-state index contributed by atoms with van der Waals surface area (Å²) >= 11 is 0. The lowest BCUT2D eigenvalue weighted by Gasteiger charge is -2.36. The molecule has 176 valence electrons. The van der Waals surface area contributed by atoms with E-state index in [0.717, 1.165) is 29.4 Å². The summed E-state index contributed by atoms with van der Waals surface area (Å²) in [5.74, 6) is 0. The van der Waals surface area contributed by atoms with Crippen molar-refractivity contribution in [3.63, 3.8) is 0 Å². The molecule has 1 saturated carbocycles. The second kappa shape index (κ2) is 7.82. The minimum absolute atomic E-state index is 0.00503. The van der Waals surface area contributed by atoms with Crippen LogP contribution in [0.1, 0.15) is 76.5 Å². The zero-order valence-electron chi connectivity index (χ0n) is 21.2. The van der Waals surface area contributed by atoms with Crippen LogP contribution in [-0.4, -0.2) is 18.3 Å². The molecular weight excluding hydrogens is 429 g/mol. The molecular formula is C31H32BNO2. The van der Waals surface area contributed by atoms with Gasteiger partial charge in [-0.25, -0.2) is 0 Å². The van der Waals surface area contributed by atoms with Gasteiger partial charge in [-0.05, 0) is 97.6 Å². The van der Waals surface area contributed by atoms with Crippen LogP contribution in [0.15, 0.2) is 60.7 Å². The minimum Gasteiger partial charge on any atom is -0.399 e. The second-order valence-electron chi connectivity index (χ2n) is 11.5. The van der Waals surface area contributed by atoms with Gasteiger partial charge in [0.2, 0.25) is 0 Å². The van der Waals surface area contributed by atoms with E-state index < -0.39 is 7.12 Å². The minimum atomic E-state index is -0.400. The van der Waals surface area contributed by atoms with Crippen LogP contribution >= 0.6 is 0 Å². The van der Waals surface area contributed by atoms with E-state index in [1.165, 1.54) is 47.1 Å². The van der Waals surface area contributed by atoms with Crippen molar-refractivity contribution in [2.75, 3.05) is 0 Å². The van der Waals surface area contributed by atoms with Crippen molar-refractivity contribution in [1.29, 1.82) is 5.26 Å². The lowest BCUT2D eigenvalue weighted by Crippen LogP contribution is -2.41. The Morgan fingerprint density at radius 3 is 2.06 bits per heavy atom. The number of rotatable bonds is 2. The van der Waals surface area contributed by atoms with E-state index in [0.29, 0.717) is 0 Å². The van der Waals surface area contributed by atoms with E-state index in [4.69, 9.17) is 9.31 Å². The van der Waals surface area contributed by atoms with Gasteiger partial charge in [0, 0.05) is 5.41 Å². The van der Waals surface area contributed by atoms with Crippen LogP contribution in [0.2, 0.25) is 0 Å². The Labute approximate surface area is 209 Å². The predicted octanol–water partition coefficient (Wildman–Crippen LogP) is 6.76. The largest absolute Gasteiger partial charge is 0.495 e. The van der Waals surface area contributed by atoms with Gasteiger partial charge in [-0.15, -0.1) is 0 Å². The first-order valence-corrected chi connectivity index (χ1v) is 12.9. The number of nitrogens with zero attached hydrogens (tertiary/aromatic N) is 1. The number of fused-ring (bicyclic) bond motifs is 5. The first-order chi connectivity index (χ1) is 16.8. The van der Waals surface area contributed by atoms with E-state index in [1.54, 1.807) is 0 Å². The van der Waals surface area contributed by atoms with Gasteiger partial charge < -0.3 is 9.31 Å². The highest BCUT2D eigenvalue weighted by atomic mass is 16.7. The van der Waals surface area contributed by atoms with Crippen molar-refractivity contribution in [1.82, 2.24) is 0 Å². The number of hydrogen-bond donors (Lipinski definition) is 0. The highest BCUT2D eigenvalue weighted by molar-refractivity contribution is 6.63. The summed E-state index contributed by atoms with van der Waals surface area (Å²) in [6, 6.07) is 24.1. The average Bonchev–Trinajstić information content (AvgIpc) is 3.25. The maximum Gasteiger partial charge on any atom is 0.495 e. The zero-order chi connectivity index (χ0) is 24.4. The van der Waals surface area contributed by atoms with E-state index >= 15 is 0 Å². The van der Waals surface area contributed by atoms with Gasteiger partial charge in [-0.2, -0.15) is 5.26 Å². The van der Waals surface area contributed by atoms with Gasteiger partial charge in [0.05, 0.1) is 22.8 Å². The van der Waals surface area contributed by atoms with Gasteiger partial charge >= 0.3 is 7.12 Å². The van der Waals surface area contributed by atoms with Crippen molar-refractivity contribution >= 4 is 12.6 Å². The Bertz CT molecular complexity index is 1340. The lowest BCUT2D eigenvalue weighted by atomic mass is 9.67. The summed E-state index contributed by atoms with van der Waals surface area (Å²) in [7, 11) is -0.400. The maximum atomic E-state index is 9.60. The third kappa shape index (κ3) is 3.33. The summed E-state index contributed by atoms with van der Waals surface area (Å²) in [5, 5.41) is 9.60. The Morgan fingerprint density at radius 1 is 0.743 bits per heavy atom. The monoisotopic (exact) mass is 461 g/mol. The van der Waals surface area contributed by atoms with Gasteiger partial charge in [0.15, 0.2) is 0 Å². The SMILES string of the molecule is CC1(C)OB(c2ccccc2-c2ccc3c(c2)C2(CCCCC2)c2cc(C#N)ccc2-3)OC1(C)C. The predicted molar refractivity (Wildman–Crippen MR) is 142 cm³/mol. The van der Waals surface area contributed by atoms with Crippen LogP contribution in [-0.2, 0) is 14.7 Å². The van der Waals surface area contributed by atoms with Crippen molar-refractivity contribution in [2.45, 2.75) is 76.4 Å². The molecule has 3 aliphatic rings. The molecule has 1 heterocycles. The highest BCUT2D eigenvalue weighted by Gasteiger charge is 2.52. The molecule has 3 aromatic carbocycles. The van der Waals surface area contributed by atoms with Gasteiger partial charge in [-0.1, -0.05) is 61.7 Å². The standard InChI is InChI=1S/C31H32BNO2/c1-29(2)30(3,4)35-32(34-29)28-11-7-6-10-23(28)22-13-15-25-24-14-12-21(20-33)18-26(24)31(27(25)19-22)16-8-5-9-17-31/h6-7,10-15,18-19H,5,8-9,16-17H2,1-4H3. The fraction of sp³-hybridized carbons (Fsp3) is 0.387. The molecule has 0 radical (unpaired) electrons. The van der Waals surface area contributed by atoms with Crippen LogP contribution < -0.4 is 5.46 Å². The van der Waals surface area contributed by atoms with Crippen LogP contribution in [0.3, 0.4) is 0 Å². The highest BCUT2D eigenvalue weighted by Crippen LogP contribution is 2.56. The molecule has 1 aliphatic heterocycles. The molecule has 2 fully saturated rings. The van der Waals surface area contributed by atoms with Crippen LogP contribution in [0, 0.1) is 11.3 Å². The number of benzene rings is 3. The molecule has 0 bridgehead atoms. The van der Waals surface area contributed by atoms with E-state index in [9.17, 15) is 5.26 Å². The lowest BCUT2D eigenvalue weighted by molar-refractivity contribution is 0.00578. The summed E-state index contributed by atoms with van der Waals surface area (Å²) in [6.45, 7) is 8.41. The Morgan fingerprint density at radius 2 is 1.37 bits per heavy atom. The molecule has 6 rings (SSSR count). The molecule has 4 heteroatoms. The summed E-state index contributed by atoms with van der Waals surface area (Å²) in [5.41, 5.74) is 8.83. The summed E-state index contributed by atoms with van der Waals surface area (Å²) in [6.07, 6.45) is 6.03. The molecule has 0 N–H and O–H groups in total. The molecule has 0 aromatic heterocycles. The Balaban J connectivity index is 1.48. The second-order valence-corrected chi connectivity index (χ2v) is 11.5. The third-order valence-electron chi connectivity index (χ3n) is 8.98. The quantitative estimate of drug-likeness (QED) is 0.396. The van der Waals surface area contributed by atoms with Gasteiger partial charge in [-0.3, -0.25) is 0 Å². The molecule has 0 atom stereocenters. The maximum absolute atomic E-state index is 9.60. The number of nitriles is 1. The molecule has 35 heavy (non-hydrogen) atoms. The molecule has 1 saturated heterocycles. The molecule has 3 aromatic rings. The van der Waals surface area contributed by atoms with Crippen molar-refractivity contribution in [3.05, 3.63) is 77.4 Å². The van der Waals surface area contributed by atoms with E-state index in [1.807, 2.05) is 6.07 Å². The fourth-order valence-corrected chi connectivity index (χ4v) is 6.36. The van der Waals surface area contributed by atoms with Crippen LogP contribution in [0.4, 0.5) is 0 Å². The van der Waals surface area contributed by atoms with Gasteiger partial charge in [0.25, 0.3) is 0 Å². The topological polar surface area (TPSA) is 42.2 Å². The molecule has 1 spiro atoms. The fourth-order valence-electron chi connectivity index (χ4n) is 6.36. The van der Waals surface area contributed by atoms with Gasteiger partial charge in [0.1, 0.15) is 0 Å². The van der Waals surface area contributed by atoms with Crippen molar-refractivity contribution in [2.24, 2.45) is 0 Å². The molecule has 2 aliphatic carbocycles. The number of hydrogen-bond acceptors (Lipinski definition) is 3. The molecule has 3 nitrogen and oxygen atoms in total. The van der Waals surface area contributed by atoms with Crippen LogP contribution in [0.5, 0.6) is 0 Å². The Kier molecular flexibility index (Phi) is 5.05. The smallest absolute Gasteiger partial charge is 0.399 e. The molecule has 0 amide bonds. The first-order valence-electron chi connectivity index (χ1n) is 12.9. The zero-order valence-corrected chi connectivity index (χ0v) is 21.2. The van der Waals surface area contributed by atoms with E-state index in [-0.39, 0.29) is 16.6 Å². The normalized spacial score (nSPS) is 20.9. The van der Waals surface area contributed by atoms with E-state index in [2.05, 4.69) is 88.4 Å². The molecule has 0 unspecified atom stereocenters. The van der Waals surface area contributed by atoms with Crippen molar-refractivity contribution < 1.29 is 9.31 Å². The first kappa shape index (κ1) is 22.6. The summed E-state index contributed by atoms with van der Waals surface area (Å²) in [4.78, 5) is 0. The van der Waals surface area contributed by atoms with Crippen molar-refractivity contribution in [3.8, 4) is 28.3 Å². The Hall–Kier alpha value is -2.87. The summed E-state index contributed by atoms with van der Waals surface area (Å²) < 4.78 is 12.9.